The van der Waals surface area contributed by atoms with Gasteiger partial charge >= 0.3 is 0 Å². The molecule has 1 heteroatoms. The second kappa shape index (κ2) is 10.7. The van der Waals surface area contributed by atoms with Gasteiger partial charge in [0.05, 0.1) is 0 Å². The molecule has 1 aliphatic rings. The third-order valence-corrected chi connectivity index (χ3v) is 5.13. The Labute approximate surface area is 121 Å². The normalized spacial score (nSPS) is 27.6. The first kappa shape index (κ1) is 17.0. The Morgan fingerprint density at radius 1 is 0.842 bits per heavy atom. The molecule has 0 spiro atoms. The summed E-state index contributed by atoms with van der Waals surface area (Å²) in [7, 11) is 0. The lowest BCUT2D eigenvalue weighted by atomic mass is 9.72. The van der Waals surface area contributed by atoms with Gasteiger partial charge in [0.15, 0.2) is 0 Å². The van der Waals surface area contributed by atoms with E-state index in [1.165, 1.54) is 77.0 Å². The molecule has 19 heavy (non-hydrogen) atoms. The number of unbranched alkanes of at least 4 members (excludes halogenated alkanes) is 7. The minimum atomic E-state index is 0.834. The van der Waals surface area contributed by atoms with Gasteiger partial charge < -0.3 is 5.73 Å². The Morgan fingerprint density at radius 3 is 2.11 bits per heavy atom. The molecule has 0 aliphatic heterocycles. The summed E-state index contributed by atoms with van der Waals surface area (Å²) in [5.41, 5.74) is 5.94. The fraction of sp³-hybridized carbons (Fsp3) is 1.00. The van der Waals surface area contributed by atoms with Gasteiger partial charge in [-0.15, -0.1) is 0 Å². The number of hydrogen-bond donors (Lipinski definition) is 1. The average molecular weight is 268 g/mol. The fourth-order valence-corrected chi connectivity index (χ4v) is 3.77. The van der Waals surface area contributed by atoms with Crippen molar-refractivity contribution in [2.24, 2.45) is 23.5 Å². The zero-order chi connectivity index (χ0) is 13.9. The van der Waals surface area contributed by atoms with Crippen LogP contribution < -0.4 is 5.73 Å². The van der Waals surface area contributed by atoms with Crippen molar-refractivity contribution < 1.29 is 0 Å². The molecule has 0 aromatic rings. The maximum Gasteiger partial charge on any atom is -0.00462 e. The second-order valence-electron chi connectivity index (χ2n) is 6.94. The molecule has 114 valence electrons. The van der Waals surface area contributed by atoms with E-state index in [-0.39, 0.29) is 0 Å². The largest absolute Gasteiger partial charge is 0.330 e. The summed E-state index contributed by atoms with van der Waals surface area (Å²) >= 11 is 0. The van der Waals surface area contributed by atoms with Crippen molar-refractivity contribution in [3.63, 3.8) is 0 Å². The van der Waals surface area contributed by atoms with Crippen molar-refractivity contribution in [1.29, 1.82) is 0 Å². The lowest BCUT2D eigenvalue weighted by molar-refractivity contribution is 0.180. The summed E-state index contributed by atoms with van der Waals surface area (Å²) in [6.45, 7) is 5.64. The van der Waals surface area contributed by atoms with Gasteiger partial charge in [0.25, 0.3) is 0 Å². The molecule has 0 radical (unpaired) electrons. The van der Waals surface area contributed by atoms with Crippen molar-refractivity contribution >= 4 is 0 Å². The minimum Gasteiger partial charge on any atom is -0.330 e. The zero-order valence-corrected chi connectivity index (χ0v) is 13.5. The van der Waals surface area contributed by atoms with Crippen molar-refractivity contribution in [1.82, 2.24) is 0 Å². The molecule has 1 aliphatic carbocycles. The summed E-state index contributed by atoms with van der Waals surface area (Å²) in [6.07, 6.45) is 17.2. The van der Waals surface area contributed by atoms with Crippen LogP contribution in [0.5, 0.6) is 0 Å². The van der Waals surface area contributed by atoms with Crippen LogP contribution in [0.4, 0.5) is 0 Å². The van der Waals surface area contributed by atoms with Crippen molar-refractivity contribution in [3.8, 4) is 0 Å². The molecule has 0 bridgehead atoms. The molecule has 1 nitrogen and oxygen atoms in total. The Kier molecular flexibility index (Phi) is 9.59. The Morgan fingerprint density at radius 2 is 1.47 bits per heavy atom. The number of hydrogen-bond acceptors (Lipinski definition) is 1. The van der Waals surface area contributed by atoms with Crippen LogP contribution in [0.2, 0.25) is 0 Å². The number of nitrogens with two attached hydrogens (primary N) is 1. The maximum atomic E-state index is 5.94. The van der Waals surface area contributed by atoms with Crippen molar-refractivity contribution in [2.45, 2.75) is 90.9 Å². The standard InChI is InChI=1S/C18H37N/c1-3-4-5-6-7-8-9-10-11-17-14-16(2)12-13-18(17)15-19/h16-18H,3-15,19H2,1-2H3. The molecule has 0 aromatic carbocycles. The van der Waals surface area contributed by atoms with E-state index in [1.54, 1.807) is 0 Å². The van der Waals surface area contributed by atoms with Crippen LogP contribution in [0, 0.1) is 17.8 Å². The van der Waals surface area contributed by atoms with Crippen LogP contribution in [0.25, 0.3) is 0 Å². The van der Waals surface area contributed by atoms with Crippen LogP contribution in [-0.4, -0.2) is 6.54 Å². The number of rotatable bonds is 10. The van der Waals surface area contributed by atoms with E-state index in [4.69, 9.17) is 5.73 Å². The molecule has 1 saturated carbocycles. The van der Waals surface area contributed by atoms with Crippen LogP contribution in [-0.2, 0) is 0 Å². The predicted octanol–water partition coefficient (Wildman–Crippen LogP) is 5.53. The molecule has 3 unspecified atom stereocenters. The first-order valence-corrected chi connectivity index (χ1v) is 8.98. The third-order valence-electron chi connectivity index (χ3n) is 5.13. The maximum absolute atomic E-state index is 5.94. The monoisotopic (exact) mass is 267 g/mol. The second-order valence-corrected chi connectivity index (χ2v) is 6.94. The highest BCUT2D eigenvalue weighted by atomic mass is 14.6. The van der Waals surface area contributed by atoms with Gasteiger partial charge in [0, 0.05) is 0 Å². The van der Waals surface area contributed by atoms with Crippen molar-refractivity contribution in [2.75, 3.05) is 6.54 Å². The van der Waals surface area contributed by atoms with E-state index in [0.717, 1.165) is 24.3 Å². The van der Waals surface area contributed by atoms with E-state index in [2.05, 4.69) is 13.8 Å². The summed E-state index contributed by atoms with van der Waals surface area (Å²) in [6, 6.07) is 0. The quantitative estimate of drug-likeness (QED) is 0.518. The highest BCUT2D eigenvalue weighted by Crippen LogP contribution is 2.36. The summed E-state index contributed by atoms with van der Waals surface area (Å²) in [4.78, 5) is 0. The summed E-state index contributed by atoms with van der Waals surface area (Å²) in [5.74, 6) is 2.72. The lowest BCUT2D eigenvalue weighted by Crippen LogP contribution is -2.29. The van der Waals surface area contributed by atoms with Gasteiger partial charge in [0.2, 0.25) is 0 Å². The Hall–Kier alpha value is -0.0400. The third kappa shape index (κ3) is 7.34. The molecule has 3 atom stereocenters. The highest BCUT2D eigenvalue weighted by molar-refractivity contribution is 4.79. The Balaban J connectivity index is 2.00. The zero-order valence-electron chi connectivity index (χ0n) is 13.5. The molecule has 0 aromatic heterocycles. The topological polar surface area (TPSA) is 26.0 Å². The van der Waals surface area contributed by atoms with Crippen LogP contribution in [0.15, 0.2) is 0 Å². The summed E-state index contributed by atoms with van der Waals surface area (Å²) in [5, 5.41) is 0. The van der Waals surface area contributed by atoms with Gasteiger partial charge in [-0.1, -0.05) is 78.1 Å². The average Bonchev–Trinajstić information content (AvgIpc) is 2.42. The van der Waals surface area contributed by atoms with Gasteiger partial charge in [-0.05, 0) is 37.1 Å². The van der Waals surface area contributed by atoms with E-state index < -0.39 is 0 Å². The van der Waals surface area contributed by atoms with E-state index in [9.17, 15) is 0 Å². The molecule has 0 amide bonds. The molecule has 2 N–H and O–H groups in total. The van der Waals surface area contributed by atoms with Crippen molar-refractivity contribution in [3.05, 3.63) is 0 Å². The molecular weight excluding hydrogens is 230 g/mol. The van der Waals surface area contributed by atoms with Gasteiger partial charge in [-0.25, -0.2) is 0 Å². The SMILES string of the molecule is CCCCCCCCCCC1CC(C)CCC1CN. The predicted molar refractivity (Wildman–Crippen MR) is 86.3 cm³/mol. The van der Waals surface area contributed by atoms with Crippen LogP contribution in [0.3, 0.4) is 0 Å². The van der Waals surface area contributed by atoms with Gasteiger partial charge in [0.1, 0.15) is 0 Å². The smallest absolute Gasteiger partial charge is 0.00462 e. The molecule has 0 heterocycles. The highest BCUT2D eigenvalue weighted by Gasteiger charge is 2.26. The summed E-state index contributed by atoms with van der Waals surface area (Å²) < 4.78 is 0. The fourth-order valence-electron chi connectivity index (χ4n) is 3.77. The lowest BCUT2D eigenvalue weighted by Gasteiger charge is -2.34. The molecule has 0 saturated heterocycles. The first-order chi connectivity index (χ1) is 9.27. The molecule has 1 rings (SSSR count). The van der Waals surface area contributed by atoms with E-state index in [1.807, 2.05) is 0 Å². The first-order valence-electron chi connectivity index (χ1n) is 8.98. The van der Waals surface area contributed by atoms with Crippen LogP contribution in [0.1, 0.15) is 90.9 Å². The van der Waals surface area contributed by atoms with Crippen LogP contribution >= 0.6 is 0 Å². The van der Waals surface area contributed by atoms with Gasteiger partial charge in [-0.2, -0.15) is 0 Å². The molecule has 1 fully saturated rings. The molecular formula is C18H37N. The Bertz CT molecular complexity index is 202. The van der Waals surface area contributed by atoms with Gasteiger partial charge in [-0.3, -0.25) is 0 Å². The van der Waals surface area contributed by atoms with E-state index >= 15 is 0 Å². The van der Waals surface area contributed by atoms with E-state index in [0.29, 0.717) is 0 Å². The minimum absolute atomic E-state index is 0.834.